The number of anilines is 1. The molecule has 0 aromatic carbocycles. The van der Waals surface area contributed by atoms with E-state index in [9.17, 15) is 5.11 Å². The molecule has 0 amide bonds. The van der Waals surface area contributed by atoms with Crippen LogP contribution >= 0.6 is 0 Å². The lowest BCUT2D eigenvalue weighted by atomic mass is 10.2. The highest BCUT2D eigenvalue weighted by Crippen LogP contribution is 2.27. The van der Waals surface area contributed by atoms with E-state index in [1.54, 1.807) is 0 Å². The average Bonchev–Trinajstić information content (AvgIpc) is 3.05. The summed E-state index contributed by atoms with van der Waals surface area (Å²) >= 11 is 0. The van der Waals surface area contributed by atoms with Crippen molar-refractivity contribution in [2.45, 2.75) is 31.9 Å². The van der Waals surface area contributed by atoms with E-state index in [-0.39, 0.29) is 6.61 Å². The van der Waals surface area contributed by atoms with Crippen molar-refractivity contribution < 1.29 is 5.11 Å². The molecule has 5 nitrogen and oxygen atoms in total. The molecule has 2 aromatic heterocycles. The molecule has 21 heavy (non-hydrogen) atoms. The maximum Gasteiger partial charge on any atom is 0.153 e. The highest BCUT2D eigenvalue weighted by atomic mass is 16.3. The molecule has 2 saturated heterocycles. The first-order valence-electron chi connectivity index (χ1n) is 7.92. The summed E-state index contributed by atoms with van der Waals surface area (Å²) in [6, 6.07) is 6.64. The minimum absolute atomic E-state index is 0.0331. The van der Waals surface area contributed by atoms with E-state index in [0.717, 1.165) is 30.2 Å². The normalized spacial score (nSPS) is 23.5. The van der Waals surface area contributed by atoms with Gasteiger partial charge in [0.15, 0.2) is 5.82 Å². The maximum atomic E-state index is 9.80. The number of rotatable bonds is 2. The molecule has 0 saturated carbocycles. The second-order valence-corrected chi connectivity index (χ2v) is 6.10. The van der Waals surface area contributed by atoms with Crippen molar-refractivity contribution in [2.75, 3.05) is 31.1 Å². The van der Waals surface area contributed by atoms with Gasteiger partial charge in [-0.05, 0) is 37.9 Å². The molecule has 4 rings (SSSR count). The zero-order chi connectivity index (χ0) is 14.2. The van der Waals surface area contributed by atoms with Gasteiger partial charge >= 0.3 is 0 Å². The molecule has 0 radical (unpaired) electrons. The van der Waals surface area contributed by atoms with Crippen molar-refractivity contribution in [3.8, 4) is 0 Å². The van der Waals surface area contributed by atoms with Gasteiger partial charge in [-0.1, -0.05) is 6.07 Å². The second-order valence-electron chi connectivity index (χ2n) is 6.10. The average molecular weight is 286 g/mol. The molecule has 1 N–H and O–H groups in total. The molecular weight excluding hydrogens is 264 g/mol. The predicted octanol–water partition coefficient (Wildman–Crippen LogP) is 1.50. The summed E-state index contributed by atoms with van der Waals surface area (Å²) in [6.45, 7) is 4.55. The summed E-state index contributed by atoms with van der Waals surface area (Å²) < 4.78 is 2.01. The second kappa shape index (κ2) is 5.31. The first kappa shape index (κ1) is 13.1. The topological polar surface area (TPSA) is 44.0 Å². The number of fused-ring (bicyclic) bond motifs is 2. The number of aliphatic hydroxyl groups excluding tert-OH is 1. The number of imidazole rings is 1. The number of nitrogens with zero attached hydrogens (tertiary/aromatic N) is 4. The summed E-state index contributed by atoms with van der Waals surface area (Å²) in [5.74, 6) is 0.970. The Morgan fingerprint density at radius 3 is 3.00 bits per heavy atom. The molecule has 112 valence electrons. The van der Waals surface area contributed by atoms with Crippen molar-refractivity contribution in [1.82, 2.24) is 14.3 Å². The Kier molecular flexibility index (Phi) is 3.31. The standard InChI is InChI=1S/C16H22N4O/c21-12-14-16(17-15-6-1-2-10-20(14)15)19-9-4-8-18-7-3-5-13(18)11-19/h1-2,6,10,13,21H,3-5,7-9,11-12H2. The quantitative estimate of drug-likeness (QED) is 0.908. The lowest BCUT2D eigenvalue weighted by Crippen LogP contribution is -2.37. The minimum atomic E-state index is 0.0331. The van der Waals surface area contributed by atoms with Crippen LogP contribution in [0.2, 0.25) is 0 Å². The predicted molar refractivity (Wildman–Crippen MR) is 82.5 cm³/mol. The van der Waals surface area contributed by atoms with Crippen LogP contribution in [0.5, 0.6) is 0 Å². The molecule has 1 unspecified atom stereocenters. The Bertz CT molecular complexity index is 638. The summed E-state index contributed by atoms with van der Waals surface area (Å²) in [5, 5.41) is 9.80. The Balaban J connectivity index is 1.71. The third-order valence-corrected chi connectivity index (χ3v) is 4.86. The van der Waals surface area contributed by atoms with Gasteiger partial charge < -0.3 is 10.0 Å². The zero-order valence-electron chi connectivity index (χ0n) is 12.3. The van der Waals surface area contributed by atoms with Gasteiger partial charge in [0.25, 0.3) is 0 Å². The number of aromatic nitrogens is 2. The Labute approximate surface area is 124 Å². The highest BCUT2D eigenvalue weighted by Gasteiger charge is 2.30. The van der Waals surface area contributed by atoms with Gasteiger partial charge in [0.2, 0.25) is 0 Å². The molecular formula is C16H22N4O. The lowest BCUT2D eigenvalue weighted by molar-refractivity contribution is 0.271. The number of pyridine rings is 1. The van der Waals surface area contributed by atoms with Gasteiger partial charge in [-0.25, -0.2) is 4.98 Å². The minimum Gasteiger partial charge on any atom is -0.390 e. The Hall–Kier alpha value is -1.59. The third kappa shape index (κ3) is 2.21. The molecule has 0 aliphatic carbocycles. The van der Waals surface area contributed by atoms with Crippen LogP contribution in [0, 0.1) is 0 Å². The van der Waals surface area contributed by atoms with Crippen LogP contribution < -0.4 is 4.90 Å². The third-order valence-electron chi connectivity index (χ3n) is 4.86. The van der Waals surface area contributed by atoms with Crippen LogP contribution in [0.4, 0.5) is 5.82 Å². The molecule has 1 atom stereocenters. The van der Waals surface area contributed by atoms with E-state index in [0.29, 0.717) is 6.04 Å². The van der Waals surface area contributed by atoms with E-state index >= 15 is 0 Å². The molecule has 5 heteroatoms. The largest absolute Gasteiger partial charge is 0.390 e. The van der Waals surface area contributed by atoms with E-state index in [4.69, 9.17) is 4.98 Å². The monoisotopic (exact) mass is 286 g/mol. The Morgan fingerprint density at radius 2 is 2.10 bits per heavy atom. The van der Waals surface area contributed by atoms with Crippen molar-refractivity contribution in [3.63, 3.8) is 0 Å². The van der Waals surface area contributed by atoms with Gasteiger partial charge in [0, 0.05) is 31.9 Å². The van der Waals surface area contributed by atoms with Crippen LogP contribution in [-0.4, -0.2) is 51.6 Å². The van der Waals surface area contributed by atoms with E-state index in [1.807, 2.05) is 28.8 Å². The molecule has 2 aliphatic rings. The fourth-order valence-electron chi connectivity index (χ4n) is 3.83. The first-order chi connectivity index (χ1) is 10.4. The zero-order valence-corrected chi connectivity index (χ0v) is 12.3. The summed E-state index contributed by atoms with van der Waals surface area (Å²) in [5.41, 5.74) is 1.83. The van der Waals surface area contributed by atoms with Crippen LogP contribution in [0.25, 0.3) is 5.65 Å². The number of hydrogen-bond donors (Lipinski definition) is 1. The van der Waals surface area contributed by atoms with Crippen LogP contribution in [-0.2, 0) is 6.61 Å². The molecule has 2 fully saturated rings. The molecule has 2 aliphatic heterocycles. The summed E-state index contributed by atoms with van der Waals surface area (Å²) in [6.07, 6.45) is 5.77. The van der Waals surface area contributed by atoms with Crippen molar-refractivity contribution in [3.05, 3.63) is 30.1 Å². The fraction of sp³-hybridized carbons (Fsp3) is 0.562. The van der Waals surface area contributed by atoms with Crippen molar-refractivity contribution >= 4 is 11.5 Å². The first-order valence-corrected chi connectivity index (χ1v) is 7.92. The molecule has 2 aromatic rings. The van der Waals surface area contributed by atoms with Crippen LogP contribution in [0.15, 0.2) is 24.4 Å². The highest BCUT2D eigenvalue weighted by molar-refractivity contribution is 5.56. The van der Waals surface area contributed by atoms with Gasteiger partial charge in [-0.15, -0.1) is 0 Å². The van der Waals surface area contributed by atoms with Gasteiger partial charge in [-0.2, -0.15) is 0 Å². The maximum absolute atomic E-state index is 9.80. The van der Waals surface area contributed by atoms with E-state index in [2.05, 4.69) is 9.80 Å². The number of hydrogen-bond acceptors (Lipinski definition) is 4. The van der Waals surface area contributed by atoms with Crippen LogP contribution in [0.1, 0.15) is 25.0 Å². The molecule has 4 heterocycles. The fourth-order valence-corrected chi connectivity index (χ4v) is 3.83. The van der Waals surface area contributed by atoms with E-state index in [1.165, 1.54) is 32.4 Å². The smallest absolute Gasteiger partial charge is 0.153 e. The summed E-state index contributed by atoms with van der Waals surface area (Å²) in [4.78, 5) is 9.78. The van der Waals surface area contributed by atoms with Crippen LogP contribution in [0.3, 0.4) is 0 Å². The van der Waals surface area contributed by atoms with Gasteiger partial charge in [-0.3, -0.25) is 9.30 Å². The molecule has 0 bridgehead atoms. The van der Waals surface area contributed by atoms with Crippen molar-refractivity contribution in [1.29, 1.82) is 0 Å². The van der Waals surface area contributed by atoms with Crippen molar-refractivity contribution in [2.24, 2.45) is 0 Å². The molecule has 0 spiro atoms. The summed E-state index contributed by atoms with van der Waals surface area (Å²) in [7, 11) is 0. The van der Waals surface area contributed by atoms with Gasteiger partial charge in [0.05, 0.1) is 12.3 Å². The van der Waals surface area contributed by atoms with E-state index < -0.39 is 0 Å². The van der Waals surface area contributed by atoms with Gasteiger partial charge in [0.1, 0.15) is 5.65 Å². The lowest BCUT2D eigenvalue weighted by Gasteiger charge is -2.26. The number of aliphatic hydroxyl groups is 1. The Morgan fingerprint density at radius 1 is 1.19 bits per heavy atom. The SMILES string of the molecule is OCc1c(N2CCCN3CCCC3C2)nc2ccccn12.